The van der Waals surface area contributed by atoms with Crippen LogP contribution >= 0.6 is 0 Å². The summed E-state index contributed by atoms with van der Waals surface area (Å²) in [6, 6.07) is 0.0694. The maximum Gasteiger partial charge on any atom is 0.239 e. The molecule has 0 aromatic heterocycles. The summed E-state index contributed by atoms with van der Waals surface area (Å²) in [6.07, 6.45) is 4.71. The van der Waals surface area contributed by atoms with E-state index in [1.54, 1.807) is 0 Å². The maximum atomic E-state index is 12.6. The SMILES string of the molecule is CC1CCCNC1C(=O)N1CCC(C(C)(C)C)CC1. The van der Waals surface area contributed by atoms with Crippen LogP contribution in [0.4, 0.5) is 0 Å². The third-order valence-corrected chi connectivity index (χ3v) is 5.07. The molecular weight excluding hydrogens is 236 g/mol. The minimum atomic E-state index is 0.0694. The van der Waals surface area contributed by atoms with Crippen LogP contribution in [0.3, 0.4) is 0 Å². The van der Waals surface area contributed by atoms with Gasteiger partial charge in [-0.15, -0.1) is 0 Å². The number of amides is 1. The van der Waals surface area contributed by atoms with Gasteiger partial charge in [-0.05, 0) is 49.5 Å². The maximum absolute atomic E-state index is 12.6. The fraction of sp³-hybridized carbons (Fsp3) is 0.938. The Balaban J connectivity index is 1.88. The first-order valence-electron chi connectivity index (χ1n) is 7.92. The van der Waals surface area contributed by atoms with E-state index in [9.17, 15) is 4.79 Å². The fourth-order valence-corrected chi connectivity index (χ4v) is 3.54. The van der Waals surface area contributed by atoms with E-state index in [1.165, 1.54) is 12.8 Å². The molecule has 0 radical (unpaired) electrons. The van der Waals surface area contributed by atoms with Crippen LogP contribution in [0.5, 0.6) is 0 Å². The Kier molecular flexibility index (Phi) is 4.54. The van der Waals surface area contributed by atoms with Crippen molar-refractivity contribution in [2.75, 3.05) is 19.6 Å². The monoisotopic (exact) mass is 266 g/mol. The van der Waals surface area contributed by atoms with Gasteiger partial charge in [-0.3, -0.25) is 4.79 Å². The fourth-order valence-electron chi connectivity index (χ4n) is 3.54. The molecule has 19 heavy (non-hydrogen) atoms. The van der Waals surface area contributed by atoms with E-state index in [4.69, 9.17) is 0 Å². The number of nitrogens with one attached hydrogen (secondary N) is 1. The first-order chi connectivity index (χ1) is 8.89. The van der Waals surface area contributed by atoms with E-state index >= 15 is 0 Å². The average molecular weight is 266 g/mol. The van der Waals surface area contributed by atoms with E-state index < -0.39 is 0 Å². The summed E-state index contributed by atoms with van der Waals surface area (Å²) in [5.74, 6) is 1.59. The Hall–Kier alpha value is -0.570. The average Bonchev–Trinajstić information content (AvgIpc) is 2.38. The van der Waals surface area contributed by atoms with Crippen molar-refractivity contribution in [1.29, 1.82) is 0 Å². The second-order valence-corrected chi connectivity index (χ2v) is 7.52. The first kappa shape index (κ1) is 14.8. The van der Waals surface area contributed by atoms with Crippen molar-refractivity contribution in [2.24, 2.45) is 17.3 Å². The topological polar surface area (TPSA) is 32.3 Å². The highest BCUT2D eigenvalue weighted by atomic mass is 16.2. The second kappa shape index (κ2) is 5.82. The van der Waals surface area contributed by atoms with E-state index in [-0.39, 0.29) is 6.04 Å². The molecule has 2 aliphatic heterocycles. The molecule has 3 nitrogen and oxygen atoms in total. The molecule has 2 saturated heterocycles. The molecule has 0 aliphatic carbocycles. The lowest BCUT2D eigenvalue weighted by Crippen LogP contribution is -2.54. The molecule has 3 heteroatoms. The highest BCUT2D eigenvalue weighted by Gasteiger charge is 2.35. The van der Waals surface area contributed by atoms with Gasteiger partial charge < -0.3 is 10.2 Å². The van der Waals surface area contributed by atoms with Crippen molar-refractivity contribution in [1.82, 2.24) is 10.2 Å². The summed E-state index contributed by atoms with van der Waals surface area (Å²) in [5.41, 5.74) is 0.380. The van der Waals surface area contributed by atoms with Crippen LogP contribution in [0.15, 0.2) is 0 Å². The molecule has 2 rings (SSSR count). The second-order valence-electron chi connectivity index (χ2n) is 7.52. The molecule has 2 atom stereocenters. The minimum Gasteiger partial charge on any atom is -0.341 e. The Morgan fingerprint density at radius 1 is 1.16 bits per heavy atom. The van der Waals surface area contributed by atoms with Gasteiger partial charge in [0.2, 0.25) is 5.91 Å². The number of hydrogen-bond donors (Lipinski definition) is 1. The van der Waals surface area contributed by atoms with Gasteiger partial charge >= 0.3 is 0 Å². The van der Waals surface area contributed by atoms with E-state index in [0.29, 0.717) is 17.2 Å². The molecular formula is C16H30N2O. The van der Waals surface area contributed by atoms with Crippen molar-refractivity contribution >= 4 is 5.91 Å². The summed E-state index contributed by atoms with van der Waals surface area (Å²) in [6.45, 7) is 12.1. The number of carbonyl (C=O) groups is 1. The highest BCUT2D eigenvalue weighted by molar-refractivity contribution is 5.82. The minimum absolute atomic E-state index is 0.0694. The number of nitrogens with zero attached hydrogens (tertiary/aromatic N) is 1. The van der Waals surface area contributed by atoms with Crippen LogP contribution < -0.4 is 5.32 Å². The number of likely N-dealkylation sites (tertiary alicyclic amines) is 1. The van der Waals surface area contributed by atoms with Gasteiger partial charge in [0.1, 0.15) is 0 Å². The molecule has 0 aromatic carbocycles. The smallest absolute Gasteiger partial charge is 0.239 e. The summed E-state index contributed by atoms with van der Waals surface area (Å²) in [7, 11) is 0. The van der Waals surface area contributed by atoms with Crippen molar-refractivity contribution < 1.29 is 4.79 Å². The molecule has 2 fully saturated rings. The number of carbonyl (C=O) groups excluding carboxylic acids is 1. The van der Waals surface area contributed by atoms with Crippen LogP contribution in [0, 0.1) is 17.3 Å². The van der Waals surface area contributed by atoms with Crippen LogP contribution in [-0.2, 0) is 4.79 Å². The molecule has 110 valence electrons. The normalized spacial score (nSPS) is 30.4. The van der Waals surface area contributed by atoms with Gasteiger partial charge in [-0.1, -0.05) is 27.7 Å². The summed E-state index contributed by atoms with van der Waals surface area (Å²) >= 11 is 0. The Bertz CT molecular complexity index is 313. The summed E-state index contributed by atoms with van der Waals surface area (Å²) in [5, 5.41) is 3.42. The van der Waals surface area contributed by atoms with E-state index in [1.807, 2.05) is 0 Å². The van der Waals surface area contributed by atoms with Crippen molar-refractivity contribution in [3.63, 3.8) is 0 Å². The third-order valence-electron chi connectivity index (χ3n) is 5.07. The number of hydrogen-bond acceptors (Lipinski definition) is 2. The quantitative estimate of drug-likeness (QED) is 0.791. The lowest BCUT2D eigenvalue weighted by Gasteiger charge is -2.41. The van der Waals surface area contributed by atoms with Crippen molar-refractivity contribution in [2.45, 2.75) is 59.4 Å². The van der Waals surface area contributed by atoms with Crippen LogP contribution in [0.1, 0.15) is 53.4 Å². The molecule has 1 N–H and O–H groups in total. The lowest BCUT2D eigenvalue weighted by atomic mass is 9.75. The van der Waals surface area contributed by atoms with E-state index in [2.05, 4.69) is 37.9 Å². The molecule has 0 spiro atoms. The molecule has 2 unspecified atom stereocenters. The zero-order valence-electron chi connectivity index (χ0n) is 13.0. The van der Waals surface area contributed by atoms with Gasteiger partial charge in [-0.25, -0.2) is 0 Å². The van der Waals surface area contributed by atoms with E-state index in [0.717, 1.165) is 38.4 Å². The van der Waals surface area contributed by atoms with Crippen molar-refractivity contribution in [3.05, 3.63) is 0 Å². The van der Waals surface area contributed by atoms with Gasteiger partial charge in [-0.2, -0.15) is 0 Å². The number of rotatable bonds is 1. The molecule has 2 aliphatic rings. The van der Waals surface area contributed by atoms with Crippen LogP contribution in [0.2, 0.25) is 0 Å². The molecule has 1 amide bonds. The third kappa shape index (κ3) is 3.50. The lowest BCUT2D eigenvalue weighted by molar-refractivity contribution is -0.137. The van der Waals surface area contributed by atoms with Gasteiger partial charge in [0.25, 0.3) is 0 Å². The highest BCUT2D eigenvalue weighted by Crippen LogP contribution is 2.34. The largest absolute Gasteiger partial charge is 0.341 e. The molecule has 2 heterocycles. The van der Waals surface area contributed by atoms with Gasteiger partial charge in [0.15, 0.2) is 0 Å². The first-order valence-corrected chi connectivity index (χ1v) is 7.92. The zero-order valence-corrected chi connectivity index (χ0v) is 13.0. The van der Waals surface area contributed by atoms with Gasteiger partial charge in [0, 0.05) is 13.1 Å². The predicted molar refractivity (Wildman–Crippen MR) is 78.9 cm³/mol. The van der Waals surface area contributed by atoms with Crippen LogP contribution in [-0.4, -0.2) is 36.5 Å². The Morgan fingerprint density at radius 3 is 2.32 bits per heavy atom. The molecule has 0 aromatic rings. The Labute approximate surface area is 118 Å². The molecule has 0 saturated carbocycles. The number of piperidine rings is 2. The van der Waals surface area contributed by atoms with Crippen LogP contribution in [0.25, 0.3) is 0 Å². The van der Waals surface area contributed by atoms with Crippen molar-refractivity contribution in [3.8, 4) is 0 Å². The predicted octanol–water partition coefficient (Wildman–Crippen LogP) is 2.66. The van der Waals surface area contributed by atoms with Gasteiger partial charge in [0.05, 0.1) is 6.04 Å². The molecule has 0 bridgehead atoms. The summed E-state index contributed by atoms with van der Waals surface area (Å²) < 4.78 is 0. The Morgan fingerprint density at radius 2 is 1.79 bits per heavy atom. The standard InChI is InChI=1S/C16H30N2O/c1-12-6-5-9-17-14(12)15(19)18-10-7-13(8-11-18)16(2,3)4/h12-14,17H,5-11H2,1-4H3. The summed E-state index contributed by atoms with van der Waals surface area (Å²) in [4.78, 5) is 14.7. The zero-order chi connectivity index (χ0) is 14.0.